The summed E-state index contributed by atoms with van der Waals surface area (Å²) in [5.74, 6) is -1.65. The zero-order valence-electron chi connectivity index (χ0n) is 11.1. The SMILES string of the molecule is COc1ccc(N2C(=O)[C@@H](C)CS2(=O)=O)cc1S(=O)(=O)Cl. The van der Waals surface area contributed by atoms with Crippen molar-refractivity contribution in [1.82, 2.24) is 0 Å². The van der Waals surface area contributed by atoms with Gasteiger partial charge in [-0.15, -0.1) is 0 Å². The van der Waals surface area contributed by atoms with E-state index in [9.17, 15) is 21.6 Å². The van der Waals surface area contributed by atoms with E-state index < -0.39 is 35.8 Å². The fourth-order valence-corrected chi connectivity index (χ4v) is 4.90. The minimum atomic E-state index is -4.15. The third kappa shape index (κ3) is 2.85. The molecule has 1 saturated heterocycles. The number of benzene rings is 1. The van der Waals surface area contributed by atoms with Gasteiger partial charge in [-0.2, -0.15) is 0 Å². The number of halogens is 1. The third-order valence-corrected chi connectivity index (χ3v) is 6.22. The number of anilines is 1. The molecule has 0 aromatic heterocycles. The smallest absolute Gasteiger partial charge is 0.265 e. The van der Waals surface area contributed by atoms with Crippen LogP contribution in [0.25, 0.3) is 0 Å². The topological polar surface area (TPSA) is 97.8 Å². The number of rotatable bonds is 3. The second-order valence-electron chi connectivity index (χ2n) is 4.56. The van der Waals surface area contributed by atoms with Crippen molar-refractivity contribution in [3.05, 3.63) is 18.2 Å². The highest BCUT2D eigenvalue weighted by atomic mass is 35.7. The van der Waals surface area contributed by atoms with Gasteiger partial charge in [0.15, 0.2) is 0 Å². The van der Waals surface area contributed by atoms with Gasteiger partial charge in [-0.25, -0.2) is 21.1 Å². The minimum Gasteiger partial charge on any atom is -0.495 e. The van der Waals surface area contributed by atoms with E-state index in [1.165, 1.54) is 26.2 Å². The van der Waals surface area contributed by atoms with Gasteiger partial charge in [-0.3, -0.25) is 4.79 Å². The standard InChI is InChI=1S/C11H12ClNO6S2/c1-7-6-20(15,16)13(11(7)14)8-3-4-9(19-2)10(5-8)21(12,17)18/h3-5,7H,6H2,1-2H3/t7-/m0/s1. The molecule has 1 amide bonds. The van der Waals surface area contributed by atoms with E-state index in [4.69, 9.17) is 15.4 Å². The first-order valence-corrected chi connectivity index (χ1v) is 9.69. The molecule has 10 heteroatoms. The van der Waals surface area contributed by atoms with Crippen molar-refractivity contribution < 1.29 is 26.4 Å². The Hall–Kier alpha value is -1.32. The van der Waals surface area contributed by atoms with Crippen molar-refractivity contribution in [1.29, 1.82) is 0 Å². The van der Waals surface area contributed by atoms with Crippen LogP contribution in [0.5, 0.6) is 5.75 Å². The molecule has 1 heterocycles. The highest BCUT2D eigenvalue weighted by Gasteiger charge is 2.42. The van der Waals surface area contributed by atoms with Crippen molar-refractivity contribution in [3.63, 3.8) is 0 Å². The molecule has 0 aliphatic carbocycles. The van der Waals surface area contributed by atoms with E-state index in [1.54, 1.807) is 0 Å². The number of methoxy groups -OCH3 is 1. The highest BCUT2D eigenvalue weighted by molar-refractivity contribution is 8.13. The van der Waals surface area contributed by atoms with Crippen LogP contribution >= 0.6 is 10.7 Å². The van der Waals surface area contributed by atoms with Crippen LogP contribution in [0, 0.1) is 5.92 Å². The third-order valence-electron chi connectivity index (χ3n) is 3.00. The first-order chi connectivity index (χ1) is 9.58. The van der Waals surface area contributed by atoms with Gasteiger partial charge in [-0.1, -0.05) is 6.92 Å². The van der Waals surface area contributed by atoms with Crippen molar-refractivity contribution in [2.75, 3.05) is 17.2 Å². The summed E-state index contributed by atoms with van der Waals surface area (Å²) in [6.07, 6.45) is 0. The summed E-state index contributed by atoms with van der Waals surface area (Å²) in [5.41, 5.74) is -0.0793. The second-order valence-corrected chi connectivity index (χ2v) is 8.95. The Morgan fingerprint density at radius 3 is 2.43 bits per heavy atom. The molecule has 1 aliphatic rings. The molecule has 21 heavy (non-hydrogen) atoms. The van der Waals surface area contributed by atoms with E-state index >= 15 is 0 Å². The van der Waals surface area contributed by atoms with Gasteiger partial charge in [0.25, 0.3) is 9.05 Å². The van der Waals surface area contributed by atoms with E-state index in [2.05, 4.69) is 0 Å². The Morgan fingerprint density at radius 2 is 2.00 bits per heavy atom. The average molecular weight is 354 g/mol. The average Bonchev–Trinajstić information content (AvgIpc) is 2.56. The number of carbonyl (C=O) groups is 1. The lowest BCUT2D eigenvalue weighted by Crippen LogP contribution is -2.30. The quantitative estimate of drug-likeness (QED) is 0.750. The molecule has 0 bridgehead atoms. The van der Waals surface area contributed by atoms with Crippen LogP contribution in [-0.4, -0.2) is 35.6 Å². The maximum Gasteiger partial charge on any atom is 0.265 e. The molecule has 1 atom stereocenters. The summed E-state index contributed by atoms with van der Waals surface area (Å²) in [6, 6.07) is 3.54. The summed E-state index contributed by atoms with van der Waals surface area (Å²) in [4.78, 5) is 11.6. The van der Waals surface area contributed by atoms with E-state index in [0.29, 0.717) is 4.31 Å². The molecule has 0 radical (unpaired) electrons. The molecule has 0 N–H and O–H groups in total. The number of amides is 1. The normalized spacial score (nSPS) is 21.6. The minimum absolute atomic E-state index is 0.0363. The zero-order chi connectivity index (χ0) is 16.0. The summed E-state index contributed by atoms with van der Waals surface area (Å²) < 4.78 is 52.5. The number of carbonyl (C=O) groups excluding carboxylic acids is 1. The molecular weight excluding hydrogens is 342 g/mol. The molecule has 2 rings (SSSR count). The van der Waals surface area contributed by atoms with Crippen LogP contribution in [0.1, 0.15) is 6.92 Å². The Bertz CT molecular complexity index is 802. The molecule has 0 saturated carbocycles. The zero-order valence-corrected chi connectivity index (χ0v) is 13.5. The lowest BCUT2D eigenvalue weighted by atomic mass is 10.2. The van der Waals surface area contributed by atoms with E-state index in [-0.39, 0.29) is 17.2 Å². The number of nitrogens with zero attached hydrogens (tertiary/aromatic N) is 1. The fraction of sp³-hybridized carbons (Fsp3) is 0.364. The largest absolute Gasteiger partial charge is 0.495 e. The lowest BCUT2D eigenvalue weighted by Gasteiger charge is -2.17. The molecule has 1 fully saturated rings. The monoisotopic (exact) mass is 353 g/mol. The molecule has 116 valence electrons. The van der Waals surface area contributed by atoms with Gasteiger partial charge in [0.05, 0.1) is 24.5 Å². The first kappa shape index (κ1) is 16.1. The molecule has 1 aromatic rings. The van der Waals surface area contributed by atoms with Gasteiger partial charge in [0, 0.05) is 10.7 Å². The first-order valence-electron chi connectivity index (χ1n) is 5.77. The summed E-state index contributed by atoms with van der Waals surface area (Å²) in [7, 11) is -1.42. The lowest BCUT2D eigenvalue weighted by molar-refractivity contribution is -0.119. The van der Waals surface area contributed by atoms with Crippen molar-refractivity contribution in [3.8, 4) is 5.75 Å². The fourth-order valence-electron chi connectivity index (χ4n) is 2.07. The second kappa shape index (κ2) is 5.15. The van der Waals surface area contributed by atoms with Gasteiger partial charge >= 0.3 is 0 Å². The molecule has 1 aliphatic heterocycles. The molecule has 7 nitrogen and oxygen atoms in total. The Kier molecular flexibility index (Phi) is 3.94. The van der Waals surface area contributed by atoms with Gasteiger partial charge < -0.3 is 4.74 Å². The Morgan fingerprint density at radius 1 is 1.38 bits per heavy atom. The van der Waals surface area contributed by atoms with Crippen LogP contribution < -0.4 is 9.04 Å². The van der Waals surface area contributed by atoms with Crippen LogP contribution in [0.2, 0.25) is 0 Å². The van der Waals surface area contributed by atoms with Gasteiger partial charge in [0.2, 0.25) is 15.9 Å². The number of sulfonamides is 1. The van der Waals surface area contributed by atoms with Crippen molar-refractivity contribution >= 4 is 41.4 Å². The number of hydrogen-bond donors (Lipinski definition) is 0. The van der Waals surface area contributed by atoms with Crippen LogP contribution in [0.4, 0.5) is 5.69 Å². The maximum atomic E-state index is 12.0. The predicted octanol–water partition coefficient (Wildman–Crippen LogP) is 0.935. The highest BCUT2D eigenvalue weighted by Crippen LogP contribution is 2.34. The van der Waals surface area contributed by atoms with E-state index in [0.717, 1.165) is 6.07 Å². The van der Waals surface area contributed by atoms with Crippen LogP contribution in [0.15, 0.2) is 23.1 Å². The molecule has 1 aromatic carbocycles. The van der Waals surface area contributed by atoms with E-state index in [1.807, 2.05) is 0 Å². The van der Waals surface area contributed by atoms with Gasteiger partial charge in [-0.05, 0) is 18.2 Å². The maximum absolute atomic E-state index is 12.0. The predicted molar refractivity (Wildman–Crippen MR) is 76.5 cm³/mol. The summed E-state index contributed by atoms with van der Waals surface area (Å²) in [5, 5.41) is 0. The molecule has 0 unspecified atom stereocenters. The van der Waals surface area contributed by atoms with Gasteiger partial charge in [0.1, 0.15) is 10.6 Å². The molecule has 0 spiro atoms. The summed E-state index contributed by atoms with van der Waals surface area (Å²) >= 11 is 0. The van der Waals surface area contributed by atoms with Crippen molar-refractivity contribution in [2.45, 2.75) is 11.8 Å². The Balaban J connectivity index is 2.64. The Labute approximate surface area is 126 Å². The number of ether oxygens (including phenoxy) is 1. The van der Waals surface area contributed by atoms with Crippen LogP contribution in [-0.2, 0) is 23.9 Å². The van der Waals surface area contributed by atoms with Crippen molar-refractivity contribution in [2.24, 2.45) is 5.92 Å². The van der Waals surface area contributed by atoms with Crippen LogP contribution in [0.3, 0.4) is 0 Å². The number of hydrogen-bond acceptors (Lipinski definition) is 6. The summed E-state index contributed by atoms with van der Waals surface area (Å²) in [6.45, 7) is 1.49. The molecular formula is C11H12ClNO6S2.